The Morgan fingerprint density at radius 3 is 2.34 bits per heavy atom. The number of anilines is 2. The van der Waals surface area contributed by atoms with Crippen LogP contribution in [0.15, 0.2) is 36.4 Å². The lowest BCUT2D eigenvalue weighted by Crippen LogP contribution is -2.51. The zero-order valence-corrected chi connectivity index (χ0v) is 19.3. The molecule has 2 fully saturated rings. The van der Waals surface area contributed by atoms with Crippen LogP contribution in [0.1, 0.15) is 18.7 Å². The standard InChI is InChI=1S/C23H26F3N7O2/c1-35-18-5-3-2-4-17(18)30-12-14-32(15-13-30)21(34)16-8-10-31(11-9-16)20-7-6-19-27-28-22(23(24,25)26)33(19)29-20/h2-7,16H,8-15H2,1H3. The lowest BCUT2D eigenvalue weighted by Gasteiger charge is -2.39. The first-order valence-corrected chi connectivity index (χ1v) is 11.6. The van der Waals surface area contributed by atoms with Crippen LogP contribution in [-0.2, 0) is 11.0 Å². The number of fused-ring (bicyclic) bond motifs is 1. The van der Waals surface area contributed by atoms with Crippen molar-refractivity contribution in [3.8, 4) is 5.75 Å². The largest absolute Gasteiger partial charge is 0.495 e. The Morgan fingerprint density at radius 2 is 1.66 bits per heavy atom. The number of piperazine rings is 1. The number of benzene rings is 1. The van der Waals surface area contributed by atoms with Gasteiger partial charge in [0.15, 0.2) is 5.65 Å². The predicted octanol–water partition coefficient (Wildman–Crippen LogP) is 2.72. The highest BCUT2D eigenvalue weighted by molar-refractivity contribution is 5.79. The summed E-state index contributed by atoms with van der Waals surface area (Å²) < 4.78 is 45.7. The summed E-state index contributed by atoms with van der Waals surface area (Å²) in [5, 5.41) is 10.9. The molecule has 0 radical (unpaired) electrons. The summed E-state index contributed by atoms with van der Waals surface area (Å²) in [6.45, 7) is 3.83. The van der Waals surface area contributed by atoms with Gasteiger partial charge in [-0.25, -0.2) is 0 Å². The molecule has 0 N–H and O–H groups in total. The van der Waals surface area contributed by atoms with Gasteiger partial charge in [-0.15, -0.1) is 15.3 Å². The van der Waals surface area contributed by atoms with Crippen molar-refractivity contribution in [1.29, 1.82) is 0 Å². The number of para-hydroxylation sites is 2. The highest BCUT2D eigenvalue weighted by Gasteiger charge is 2.38. The number of alkyl halides is 3. The molecule has 0 aliphatic carbocycles. The highest BCUT2D eigenvalue weighted by atomic mass is 19.4. The maximum Gasteiger partial charge on any atom is 0.453 e. The van der Waals surface area contributed by atoms with Crippen molar-refractivity contribution in [2.45, 2.75) is 19.0 Å². The van der Waals surface area contributed by atoms with Crippen molar-refractivity contribution in [2.24, 2.45) is 5.92 Å². The molecular formula is C23H26F3N7O2. The van der Waals surface area contributed by atoms with Gasteiger partial charge in [0.1, 0.15) is 11.6 Å². The van der Waals surface area contributed by atoms with Gasteiger partial charge in [-0.05, 0) is 37.1 Å². The third-order valence-corrected chi connectivity index (χ3v) is 6.69. The number of amides is 1. The van der Waals surface area contributed by atoms with E-state index in [1.165, 1.54) is 6.07 Å². The molecule has 35 heavy (non-hydrogen) atoms. The molecule has 2 aromatic heterocycles. The molecule has 12 heteroatoms. The smallest absolute Gasteiger partial charge is 0.453 e. The summed E-state index contributed by atoms with van der Waals surface area (Å²) in [6, 6.07) is 11.0. The number of aromatic nitrogens is 4. The number of ether oxygens (including phenoxy) is 1. The second kappa shape index (κ2) is 9.23. The number of hydrogen-bond donors (Lipinski definition) is 0. The predicted molar refractivity (Wildman–Crippen MR) is 123 cm³/mol. The number of hydrogen-bond acceptors (Lipinski definition) is 7. The van der Waals surface area contributed by atoms with Crippen molar-refractivity contribution in [1.82, 2.24) is 24.7 Å². The van der Waals surface area contributed by atoms with Gasteiger partial charge in [-0.3, -0.25) is 4.79 Å². The van der Waals surface area contributed by atoms with E-state index in [0.29, 0.717) is 44.8 Å². The van der Waals surface area contributed by atoms with Crippen molar-refractivity contribution in [3.05, 3.63) is 42.2 Å². The Bertz CT molecular complexity index is 1200. The molecule has 0 bridgehead atoms. The zero-order valence-electron chi connectivity index (χ0n) is 19.3. The van der Waals surface area contributed by atoms with Crippen molar-refractivity contribution < 1.29 is 22.7 Å². The van der Waals surface area contributed by atoms with Crippen LogP contribution in [0, 0.1) is 5.92 Å². The fourth-order valence-corrected chi connectivity index (χ4v) is 4.80. The van der Waals surface area contributed by atoms with Gasteiger partial charge in [0.05, 0.1) is 12.8 Å². The number of carbonyl (C=O) groups is 1. The zero-order chi connectivity index (χ0) is 24.6. The highest BCUT2D eigenvalue weighted by Crippen LogP contribution is 2.30. The molecule has 3 aromatic rings. The van der Waals surface area contributed by atoms with E-state index in [1.807, 2.05) is 34.1 Å². The molecule has 0 unspecified atom stereocenters. The van der Waals surface area contributed by atoms with Gasteiger partial charge in [0.25, 0.3) is 5.82 Å². The Balaban J connectivity index is 1.18. The van der Waals surface area contributed by atoms with Gasteiger partial charge in [0, 0.05) is 45.2 Å². The van der Waals surface area contributed by atoms with Crippen LogP contribution in [0.25, 0.3) is 5.65 Å². The van der Waals surface area contributed by atoms with Crippen LogP contribution in [-0.4, -0.2) is 77.0 Å². The van der Waals surface area contributed by atoms with Crippen LogP contribution in [0.5, 0.6) is 5.75 Å². The third kappa shape index (κ3) is 4.56. The van der Waals surface area contributed by atoms with E-state index < -0.39 is 12.0 Å². The SMILES string of the molecule is COc1ccccc1N1CCN(C(=O)C2CCN(c3ccc4nnc(C(F)(F)F)n4n3)CC2)CC1. The molecule has 0 saturated carbocycles. The van der Waals surface area contributed by atoms with Gasteiger partial charge in [0.2, 0.25) is 5.91 Å². The Morgan fingerprint density at radius 1 is 0.943 bits per heavy atom. The summed E-state index contributed by atoms with van der Waals surface area (Å²) in [5.74, 6) is 0.130. The van der Waals surface area contributed by atoms with E-state index >= 15 is 0 Å². The minimum absolute atomic E-state index is 0.0402. The lowest BCUT2D eigenvalue weighted by molar-refractivity contribution is -0.146. The number of rotatable bonds is 4. The number of piperidine rings is 1. The van der Waals surface area contributed by atoms with E-state index in [9.17, 15) is 18.0 Å². The molecule has 9 nitrogen and oxygen atoms in total. The summed E-state index contributed by atoms with van der Waals surface area (Å²) >= 11 is 0. The summed E-state index contributed by atoms with van der Waals surface area (Å²) in [7, 11) is 1.65. The maximum atomic E-state index is 13.2. The third-order valence-electron chi connectivity index (χ3n) is 6.69. The first kappa shape index (κ1) is 23.2. The molecule has 0 spiro atoms. The normalized spacial score (nSPS) is 17.8. The molecule has 1 amide bonds. The number of nitrogens with zero attached hydrogens (tertiary/aromatic N) is 7. The van der Waals surface area contributed by atoms with E-state index in [4.69, 9.17) is 4.74 Å². The fraction of sp³-hybridized carbons (Fsp3) is 0.478. The molecule has 0 atom stereocenters. The molecule has 1 aromatic carbocycles. The average Bonchev–Trinajstić information content (AvgIpc) is 3.32. The summed E-state index contributed by atoms with van der Waals surface area (Å²) in [5.41, 5.74) is 1.07. The Hall–Kier alpha value is -3.57. The fourth-order valence-electron chi connectivity index (χ4n) is 4.80. The Kier molecular flexibility index (Phi) is 6.12. The van der Waals surface area contributed by atoms with E-state index in [-0.39, 0.29) is 17.5 Å². The number of halogens is 3. The van der Waals surface area contributed by atoms with Crippen molar-refractivity contribution in [2.75, 3.05) is 56.2 Å². The van der Waals surface area contributed by atoms with E-state index in [1.54, 1.807) is 13.2 Å². The molecule has 2 aliphatic rings. The molecular weight excluding hydrogens is 463 g/mol. The monoisotopic (exact) mass is 489 g/mol. The molecule has 4 heterocycles. The van der Waals surface area contributed by atoms with Crippen LogP contribution >= 0.6 is 0 Å². The van der Waals surface area contributed by atoms with Crippen molar-refractivity contribution in [3.63, 3.8) is 0 Å². The van der Waals surface area contributed by atoms with Crippen molar-refractivity contribution >= 4 is 23.1 Å². The summed E-state index contributed by atoms with van der Waals surface area (Å²) in [6.07, 6.45) is -3.39. The maximum absolute atomic E-state index is 13.2. The van der Waals surface area contributed by atoms with Crippen LogP contribution in [0.4, 0.5) is 24.7 Å². The molecule has 2 aliphatic heterocycles. The molecule has 5 rings (SSSR count). The second-order valence-corrected chi connectivity index (χ2v) is 8.73. The first-order valence-electron chi connectivity index (χ1n) is 11.6. The van der Waals surface area contributed by atoms with Crippen LogP contribution in [0.3, 0.4) is 0 Å². The minimum Gasteiger partial charge on any atom is -0.495 e. The van der Waals surface area contributed by atoms with E-state index in [0.717, 1.165) is 29.0 Å². The lowest BCUT2D eigenvalue weighted by atomic mass is 9.95. The Labute approximate surface area is 200 Å². The number of carbonyl (C=O) groups excluding carboxylic acids is 1. The first-order chi connectivity index (χ1) is 16.8. The second-order valence-electron chi connectivity index (χ2n) is 8.73. The van der Waals surface area contributed by atoms with E-state index in [2.05, 4.69) is 20.2 Å². The van der Waals surface area contributed by atoms with Gasteiger partial charge < -0.3 is 19.4 Å². The van der Waals surface area contributed by atoms with Crippen LogP contribution in [0.2, 0.25) is 0 Å². The topological polar surface area (TPSA) is 79.1 Å². The van der Waals surface area contributed by atoms with Gasteiger partial charge in [-0.1, -0.05) is 12.1 Å². The number of methoxy groups -OCH3 is 1. The van der Waals surface area contributed by atoms with Gasteiger partial charge in [-0.2, -0.15) is 17.7 Å². The molecule has 186 valence electrons. The average molecular weight is 490 g/mol. The minimum atomic E-state index is -4.64. The quantitative estimate of drug-likeness (QED) is 0.558. The van der Waals surface area contributed by atoms with Crippen LogP contribution < -0.4 is 14.5 Å². The van der Waals surface area contributed by atoms with Gasteiger partial charge >= 0.3 is 6.18 Å². The summed E-state index contributed by atoms with van der Waals surface area (Å²) in [4.78, 5) is 19.2. The molecule has 2 saturated heterocycles.